The maximum Gasteiger partial charge on any atom is 0.416 e. The zero-order chi connectivity index (χ0) is 29.1. The molecule has 0 radical (unpaired) electrons. The summed E-state index contributed by atoms with van der Waals surface area (Å²) in [6, 6.07) is 7.82. The topological polar surface area (TPSA) is 41.5 Å². The van der Waals surface area contributed by atoms with Crippen molar-refractivity contribution in [3.8, 4) is 0 Å². The van der Waals surface area contributed by atoms with Crippen molar-refractivity contribution in [2.45, 2.75) is 45.6 Å². The van der Waals surface area contributed by atoms with Crippen LogP contribution in [0.4, 0.5) is 38.0 Å². The third-order valence-corrected chi connectivity index (χ3v) is 7.00. The molecule has 0 amide bonds. The van der Waals surface area contributed by atoms with Gasteiger partial charge in [0.2, 0.25) is 5.95 Å². The van der Waals surface area contributed by atoms with E-state index >= 15 is 0 Å². The Hall–Kier alpha value is -3.28. The molecule has 1 aliphatic rings. The normalized spacial score (nSPS) is 14.5. The van der Waals surface area contributed by atoms with Crippen molar-refractivity contribution in [3.05, 3.63) is 76.6 Å². The summed E-state index contributed by atoms with van der Waals surface area (Å²) >= 11 is 0. The van der Waals surface area contributed by atoms with Gasteiger partial charge < -0.3 is 14.5 Å². The number of morpholine rings is 1. The van der Waals surface area contributed by atoms with E-state index in [0.29, 0.717) is 39.5 Å². The molecule has 214 valence electrons. The second kappa shape index (κ2) is 12.1. The van der Waals surface area contributed by atoms with E-state index in [0.717, 1.165) is 34.4 Å². The van der Waals surface area contributed by atoms with Gasteiger partial charge in [-0.25, -0.2) is 9.97 Å². The molecular formula is C28H31BF6N4O. The molecule has 40 heavy (non-hydrogen) atoms. The summed E-state index contributed by atoms with van der Waals surface area (Å²) in [6.07, 6.45) is -6.31. The number of nitrogens with zero attached hydrogens (tertiary/aromatic N) is 4. The number of ether oxygens (including phenoxy) is 1. The minimum absolute atomic E-state index is 0.129. The van der Waals surface area contributed by atoms with Crippen LogP contribution in [0.15, 0.2) is 48.8 Å². The van der Waals surface area contributed by atoms with E-state index < -0.39 is 23.5 Å². The number of hydrogen-bond acceptors (Lipinski definition) is 5. The zero-order valence-electron chi connectivity index (χ0n) is 22.6. The van der Waals surface area contributed by atoms with Gasteiger partial charge >= 0.3 is 12.4 Å². The quantitative estimate of drug-likeness (QED) is 0.267. The lowest BCUT2D eigenvalue weighted by atomic mass is 9.67. The summed E-state index contributed by atoms with van der Waals surface area (Å²) in [6.45, 7) is 8.38. The van der Waals surface area contributed by atoms with Gasteiger partial charge in [-0.1, -0.05) is 43.1 Å². The van der Waals surface area contributed by atoms with Crippen molar-refractivity contribution in [1.29, 1.82) is 0 Å². The van der Waals surface area contributed by atoms with Crippen LogP contribution in [0.2, 0.25) is 0 Å². The van der Waals surface area contributed by atoms with Crippen LogP contribution in [0.3, 0.4) is 0 Å². The second-order valence-corrected chi connectivity index (χ2v) is 10.3. The highest BCUT2D eigenvalue weighted by molar-refractivity contribution is 6.54. The van der Waals surface area contributed by atoms with Gasteiger partial charge in [-0.3, -0.25) is 0 Å². The fourth-order valence-corrected chi connectivity index (χ4v) is 4.62. The summed E-state index contributed by atoms with van der Waals surface area (Å²) < 4.78 is 86.5. The van der Waals surface area contributed by atoms with E-state index in [1.807, 2.05) is 13.0 Å². The Labute approximate surface area is 230 Å². The average Bonchev–Trinajstić information content (AvgIpc) is 2.91. The average molecular weight is 564 g/mol. The molecule has 5 nitrogen and oxygen atoms in total. The highest BCUT2D eigenvalue weighted by Gasteiger charge is 2.37. The fourth-order valence-electron chi connectivity index (χ4n) is 4.62. The van der Waals surface area contributed by atoms with Crippen LogP contribution in [0.1, 0.15) is 47.6 Å². The lowest BCUT2D eigenvalue weighted by Gasteiger charge is -2.29. The van der Waals surface area contributed by atoms with Gasteiger partial charge in [-0.15, -0.1) is 0 Å². The molecule has 0 aliphatic carbocycles. The van der Waals surface area contributed by atoms with E-state index in [2.05, 4.69) is 40.8 Å². The molecule has 1 saturated heterocycles. The summed E-state index contributed by atoms with van der Waals surface area (Å²) in [7, 11) is 0.506. The third-order valence-electron chi connectivity index (χ3n) is 7.00. The van der Waals surface area contributed by atoms with Crippen molar-refractivity contribution < 1.29 is 31.1 Å². The van der Waals surface area contributed by atoms with Crippen LogP contribution in [0, 0.1) is 6.92 Å². The van der Waals surface area contributed by atoms with Gasteiger partial charge in [0, 0.05) is 19.6 Å². The van der Waals surface area contributed by atoms with E-state index in [1.165, 1.54) is 0 Å². The second-order valence-electron chi connectivity index (χ2n) is 10.3. The summed E-state index contributed by atoms with van der Waals surface area (Å²) in [5.74, 6) is 0.526. The number of benzene rings is 2. The molecular weight excluding hydrogens is 533 g/mol. The SMILES string of the molecule is Cc1ccc(C(C)C)cc1BCN(Cc1cc(C(F)(F)F)cc(C(F)(F)F)c1)c1ncc(N2CCOCC2)cn1. The van der Waals surface area contributed by atoms with Crippen molar-refractivity contribution in [3.63, 3.8) is 0 Å². The molecule has 4 rings (SSSR count). The smallest absolute Gasteiger partial charge is 0.378 e. The van der Waals surface area contributed by atoms with Gasteiger partial charge in [-0.2, -0.15) is 26.3 Å². The number of aromatic nitrogens is 2. The molecule has 1 aliphatic heterocycles. The Bertz CT molecular complexity index is 1260. The van der Waals surface area contributed by atoms with E-state index in [1.54, 1.807) is 17.3 Å². The fraction of sp³-hybridized carbons (Fsp3) is 0.429. The van der Waals surface area contributed by atoms with E-state index in [4.69, 9.17) is 4.74 Å². The van der Waals surface area contributed by atoms with E-state index in [9.17, 15) is 26.3 Å². The lowest BCUT2D eigenvalue weighted by Crippen LogP contribution is -2.37. The van der Waals surface area contributed by atoms with Gasteiger partial charge in [0.25, 0.3) is 0 Å². The number of alkyl halides is 6. The Morgan fingerprint density at radius 3 is 2.08 bits per heavy atom. The first-order valence-corrected chi connectivity index (χ1v) is 13.1. The number of rotatable bonds is 8. The van der Waals surface area contributed by atoms with Crippen molar-refractivity contribution in [2.24, 2.45) is 0 Å². The summed E-state index contributed by atoms with van der Waals surface area (Å²) in [4.78, 5) is 12.6. The maximum atomic E-state index is 13.5. The molecule has 0 spiro atoms. The van der Waals surface area contributed by atoms with Crippen LogP contribution in [-0.4, -0.2) is 50.0 Å². The Balaban J connectivity index is 1.67. The molecule has 2 aromatic carbocycles. The molecule has 3 aromatic rings. The Morgan fingerprint density at radius 1 is 0.925 bits per heavy atom. The standard InChI is InChI=1S/C28H31BF6N4O/c1-18(2)21-5-4-19(3)25(12-21)29-17-39(26-36-14-24(15-37-26)38-6-8-40-9-7-38)16-20-10-22(27(30,31)32)13-23(11-20)28(33,34)35/h4-5,10-15,18,29H,6-9,16-17H2,1-3H3. The lowest BCUT2D eigenvalue weighted by molar-refractivity contribution is -0.143. The van der Waals surface area contributed by atoms with Crippen LogP contribution < -0.4 is 15.3 Å². The number of halogens is 6. The molecule has 0 N–H and O–H groups in total. The number of anilines is 2. The molecule has 0 bridgehead atoms. The largest absolute Gasteiger partial charge is 0.416 e. The zero-order valence-corrected chi connectivity index (χ0v) is 22.6. The highest BCUT2D eigenvalue weighted by Crippen LogP contribution is 2.36. The third kappa shape index (κ3) is 7.47. The number of aryl methyl sites for hydroxylation is 1. The minimum Gasteiger partial charge on any atom is -0.378 e. The van der Waals surface area contributed by atoms with Gasteiger partial charge in [0.1, 0.15) is 0 Å². The van der Waals surface area contributed by atoms with Crippen molar-refractivity contribution in [2.75, 3.05) is 42.5 Å². The van der Waals surface area contributed by atoms with Crippen LogP contribution in [0.25, 0.3) is 0 Å². The van der Waals surface area contributed by atoms with Crippen LogP contribution in [0.5, 0.6) is 0 Å². The van der Waals surface area contributed by atoms with Gasteiger partial charge in [0.05, 0.1) is 42.4 Å². The molecule has 1 fully saturated rings. The molecule has 12 heteroatoms. The van der Waals surface area contributed by atoms with E-state index in [-0.39, 0.29) is 30.6 Å². The van der Waals surface area contributed by atoms with Gasteiger partial charge in [0.15, 0.2) is 7.28 Å². The Morgan fingerprint density at radius 2 is 1.52 bits per heavy atom. The minimum atomic E-state index is -4.93. The summed E-state index contributed by atoms with van der Waals surface area (Å²) in [5, 5.41) is 0. The molecule has 2 heterocycles. The molecule has 0 unspecified atom stereocenters. The maximum absolute atomic E-state index is 13.5. The predicted octanol–water partition coefficient (Wildman–Crippen LogP) is 5.51. The summed E-state index contributed by atoms with van der Waals surface area (Å²) in [5.41, 5.74) is 1.18. The first-order valence-electron chi connectivity index (χ1n) is 13.1. The van der Waals surface area contributed by atoms with Gasteiger partial charge in [-0.05, 0) is 48.6 Å². The first kappa shape index (κ1) is 29.7. The number of hydrogen-bond donors (Lipinski definition) is 0. The highest BCUT2D eigenvalue weighted by atomic mass is 19.4. The molecule has 0 atom stereocenters. The first-order chi connectivity index (χ1) is 18.8. The molecule has 1 aromatic heterocycles. The Kier molecular flexibility index (Phi) is 8.97. The van der Waals surface area contributed by atoms with Crippen LogP contribution >= 0.6 is 0 Å². The monoisotopic (exact) mass is 564 g/mol. The predicted molar refractivity (Wildman–Crippen MR) is 145 cm³/mol. The van der Waals surface area contributed by atoms with Crippen molar-refractivity contribution in [1.82, 2.24) is 9.97 Å². The van der Waals surface area contributed by atoms with Crippen molar-refractivity contribution >= 4 is 24.4 Å². The molecule has 0 saturated carbocycles. The van der Waals surface area contributed by atoms with Crippen LogP contribution in [-0.2, 0) is 23.6 Å².